The van der Waals surface area contributed by atoms with Crippen molar-refractivity contribution in [2.45, 2.75) is 50.8 Å². The first kappa shape index (κ1) is 24.3. The maximum atomic E-state index is 12.8. The molecule has 0 radical (unpaired) electrons. The molecule has 0 bridgehead atoms. The van der Waals surface area contributed by atoms with Gasteiger partial charge in [0.25, 0.3) is 0 Å². The molecule has 8 nitrogen and oxygen atoms in total. The van der Waals surface area contributed by atoms with Crippen LogP contribution in [0.3, 0.4) is 0 Å². The van der Waals surface area contributed by atoms with Crippen molar-refractivity contribution in [2.24, 2.45) is 0 Å². The van der Waals surface area contributed by atoms with Crippen molar-refractivity contribution in [1.82, 2.24) is 10.6 Å². The fraction of sp³-hybridized carbons (Fsp3) is 0.400. The number of hydrogen-bond acceptors (Lipinski definition) is 5. The minimum Gasteiger partial charge on any atom is -0.481 e. The van der Waals surface area contributed by atoms with Gasteiger partial charge in [0.1, 0.15) is 12.6 Å². The lowest BCUT2D eigenvalue weighted by atomic mass is 9.98. The summed E-state index contributed by atoms with van der Waals surface area (Å²) in [6.45, 7) is 3.54. The molecule has 0 unspecified atom stereocenters. The van der Waals surface area contributed by atoms with E-state index in [4.69, 9.17) is 14.6 Å². The van der Waals surface area contributed by atoms with Crippen LogP contribution < -0.4 is 10.6 Å². The average molecular weight is 455 g/mol. The Kier molecular flexibility index (Phi) is 8.06. The molecule has 2 aromatic carbocycles. The summed E-state index contributed by atoms with van der Waals surface area (Å²) in [5.74, 6) is -1.63. The van der Waals surface area contributed by atoms with Crippen LogP contribution in [-0.2, 0) is 19.1 Å². The number of methoxy groups -OCH3 is 1. The Morgan fingerprint density at radius 1 is 1.00 bits per heavy atom. The van der Waals surface area contributed by atoms with Gasteiger partial charge in [0.2, 0.25) is 5.91 Å². The van der Waals surface area contributed by atoms with Crippen molar-refractivity contribution in [3.8, 4) is 11.1 Å². The third kappa shape index (κ3) is 5.70. The van der Waals surface area contributed by atoms with Crippen LogP contribution in [0.1, 0.15) is 43.7 Å². The van der Waals surface area contributed by atoms with E-state index in [9.17, 15) is 14.4 Å². The number of nitrogens with one attached hydrogen (secondary N) is 2. The van der Waals surface area contributed by atoms with E-state index in [1.54, 1.807) is 13.8 Å². The fourth-order valence-electron chi connectivity index (χ4n) is 4.10. The number of hydrogen-bond donors (Lipinski definition) is 3. The quantitative estimate of drug-likeness (QED) is 0.508. The Balaban J connectivity index is 1.66. The third-order valence-corrected chi connectivity index (χ3v) is 6.00. The van der Waals surface area contributed by atoms with E-state index >= 15 is 0 Å². The van der Waals surface area contributed by atoms with Gasteiger partial charge in [0, 0.05) is 19.1 Å². The number of rotatable bonds is 10. The van der Waals surface area contributed by atoms with E-state index in [-0.39, 0.29) is 18.9 Å². The normalized spacial score (nSPS) is 15.0. The number of alkyl carbamates (subject to hydrolysis) is 1. The Bertz CT molecular complexity index is 962. The predicted molar refractivity (Wildman–Crippen MR) is 123 cm³/mol. The highest BCUT2D eigenvalue weighted by Gasteiger charge is 2.32. The Hall–Kier alpha value is -3.39. The molecule has 0 saturated heterocycles. The lowest BCUT2D eigenvalue weighted by Crippen LogP contribution is -2.55. The van der Waals surface area contributed by atoms with Crippen molar-refractivity contribution in [3.63, 3.8) is 0 Å². The van der Waals surface area contributed by atoms with Crippen LogP contribution in [0, 0.1) is 0 Å². The Morgan fingerprint density at radius 3 is 2.09 bits per heavy atom. The molecule has 0 aliphatic heterocycles. The second-order valence-electron chi connectivity index (χ2n) is 8.10. The van der Waals surface area contributed by atoms with Crippen LogP contribution in [-0.4, -0.2) is 55.0 Å². The number of amides is 2. The molecule has 0 heterocycles. The first-order chi connectivity index (χ1) is 15.8. The van der Waals surface area contributed by atoms with E-state index in [2.05, 4.69) is 22.8 Å². The summed E-state index contributed by atoms with van der Waals surface area (Å²) in [4.78, 5) is 36.4. The maximum Gasteiger partial charge on any atom is 0.407 e. The molecule has 1 aliphatic rings. The second kappa shape index (κ2) is 11.0. The SMILES string of the molecule is CC[C@@H](CC(=O)O)NC(=O)[C@@H](NC(=O)OCC1c2ccccc2-c2ccccc21)[C@@H](C)OC. The summed E-state index contributed by atoms with van der Waals surface area (Å²) in [5, 5.41) is 14.3. The molecule has 3 N–H and O–H groups in total. The van der Waals surface area contributed by atoms with E-state index < -0.39 is 36.2 Å². The molecule has 0 spiro atoms. The predicted octanol–water partition coefficient (Wildman–Crippen LogP) is 3.30. The maximum absolute atomic E-state index is 12.8. The number of carboxylic acid groups (broad SMARTS) is 1. The summed E-state index contributed by atoms with van der Waals surface area (Å²) in [5.41, 5.74) is 4.42. The van der Waals surface area contributed by atoms with Gasteiger partial charge < -0.3 is 25.2 Å². The van der Waals surface area contributed by atoms with Crippen LogP contribution in [0.5, 0.6) is 0 Å². The van der Waals surface area contributed by atoms with Crippen molar-refractivity contribution in [1.29, 1.82) is 0 Å². The van der Waals surface area contributed by atoms with Crippen molar-refractivity contribution in [3.05, 3.63) is 59.7 Å². The van der Waals surface area contributed by atoms with Gasteiger partial charge >= 0.3 is 12.1 Å². The van der Waals surface area contributed by atoms with Crippen molar-refractivity contribution < 1.29 is 29.0 Å². The van der Waals surface area contributed by atoms with Gasteiger partial charge in [-0.05, 0) is 35.6 Å². The molecule has 3 atom stereocenters. The van der Waals surface area contributed by atoms with Gasteiger partial charge in [-0.15, -0.1) is 0 Å². The van der Waals surface area contributed by atoms with Gasteiger partial charge in [-0.25, -0.2) is 4.79 Å². The minimum absolute atomic E-state index is 0.102. The van der Waals surface area contributed by atoms with Crippen LogP contribution in [0.2, 0.25) is 0 Å². The van der Waals surface area contributed by atoms with Crippen LogP contribution >= 0.6 is 0 Å². The number of benzene rings is 2. The molecule has 3 rings (SSSR count). The number of aliphatic carboxylic acids is 1. The highest BCUT2D eigenvalue weighted by Crippen LogP contribution is 2.44. The van der Waals surface area contributed by atoms with E-state index in [0.29, 0.717) is 6.42 Å². The van der Waals surface area contributed by atoms with Crippen LogP contribution in [0.4, 0.5) is 4.79 Å². The molecule has 2 aromatic rings. The van der Waals surface area contributed by atoms with Crippen molar-refractivity contribution in [2.75, 3.05) is 13.7 Å². The average Bonchev–Trinajstić information content (AvgIpc) is 3.13. The number of fused-ring (bicyclic) bond motifs is 3. The monoisotopic (exact) mass is 454 g/mol. The number of carboxylic acids is 1. The molecule has 0 aromatic heterocycles. The summed E-state index contributed by atoms with van der Waals surface area (Å²) in [7, 11) is 1.43. The summed E-state index contributed by atoms with van der Waals surface area (Å²) in [6.07, 6.45) is -1.15. The van der Waals surface area contributed by atoms with Gasteiger partial charge in [-0.3, -0.25) is 9.59 Å². The summed E-state index contributed by atoms with van der Waals surface area (Å²) >= 11 is 0. The van der Waals surface area contributed by atoms with Gasteiger partial charge in [0.15, 0.2) is 0 Å². The molecule has 8 heteroatoms. The third-order valence-electron chi connectivity index (χ3n) is 6.00. The van der Waals surface area contributed by atoms with Crippen LogP contribution in [0.15, 0.2) is 48.5 Å². The first-order valence-corrected chi connectivity index (χ1v) is 11.0. The van der Waals surface area contributed by atoms with E-state index in [1.165, 1.54) is 7.11 Å². The lowest BCUT2D eigenvalue weighted by molar-refractivity contribution is -0.138. The molecule has 1 aliphatic carbocycles. The first-order valence-electron chi connectivity index (χ1n) is 11.0. The molecular formula is C25H30N2O6. The molecule has 0 saturated carbocycles. The molecule has 2 amide bonds. The highest BCUT2D eigenvalue weighted by atomic mass is 16.5. The second-order valence-corrected chi connectivity index (χ2v) is 8.10. The van der Waals surface area contributed by atoms with Gasteiger partial charge in [0.05, 0.1) is 12.5 Å². The van der Waals surface area contributed by atoms with Gasteiger partial charge in [-0.2, -0.15) is 0 Å². The zero-order valence-corrected chi connectivity index (χ0v) is 19.0. The Morgan fingerprint density at radius 2 is 1.58 bits per heavy atom. The summed E-state index contributed by atoms with van der Waals surface area (Å²) in [6, 6.07) is 14.4. The van der Waals surface area contributed by atoms with E-state index in [0.717, 1.165) is 22.3 Å². The molecule has 33 heavy (non-hydrogen) atoms. The minimum atomic E-state index is -1.03. The lowest BCUT2D eigenvalue weighted by Gasteiger charge is -2.25. The largest absolute Gasteiger partial charge is 0.481 e. The zero-order valence-electron chi connectivity index (χ0n) is 19.0. The Labute approximate surface area is 193 Å². The zero-order chi connectivity index (χ0) is 24.0. The number of carbonyl (C=O) groups is 3. The van der Waals surface area contributed by atoms with Crippen LogP contribution in [0.25, 0.3) is 11.1 Å². The van der Waals surface area contributed by atoms with E-state index in [1.807, 2.05) is 36.4 Å². The molecule has 0 fully saturated rings. The number of carbonyl (C=O) groups excluding carboxylic acids is 2. The fourth-order valence-corrected chi connectivity index (χ4v) is 4.10. The molecule has 176 valence electrons. The molecular weight excluding hydrogens is 424 g/mol. The smallest absolute Gasteiger partial charge is 0.407 e. The van der Waals surface area contributed by atoms with Crippen molar-refractivity contribution >= 4 is 18.0 Å². The standard InChI is InChI=1S/C25H30N2O6/c1-4-16(13-22(28)29)26-24(30)23(15(2)32-3)27-25(31)33-14-21-19-11-7-5-9-17(19)18-10-6-8-12-20(18)21/h5-12,15-16,21,23H,4,13-14H2,1-3H3,(H,26,30)(H,27,31)(H,28,29)/t15-,16+,23+/m1/s1. The highest BCUT2D eigenvalue weighted by molar-refractivity contribution is 5.87. The topological polar surface area (TPSA) is 114 Å². The number of ether oxygens (including phenoxy) is 2. The summed E-state index contributed by atoms with van der Waals surface area (Å²) < 4.78 is 10.8. The van der Waals surface area contributed by atoms with Gasteiger partial charge in [-0.1, -0.05) is 55.5 Å².